The van der Waals surface area contributed by atoms with Gasteiger partial charge in [0.1, 0.15) is 11.8 Å². The number of methoxy groups -OCH3 is 1. The van der Waals surface area contributed by atoms with E-state index in [2.05, 4.69) is 10.6 Å². The Labute approximate surface area is 195 Å². The molecule has 2 unspecified atom stereocenters. The third kappa shape index (κ3) is 4.09. The van der Waals surface area contributed by atoms with Crippen LogP contribution in [0.1, 0.15) is 32.9 Å². The van der Waals surface area contributed by atoms with Crippen LogP contribution < -0.4 is 15.4 Å². The van der Waals surface area contributed by atoms with Gasteiger partial charge in [-0.25, -0.2) is 0 Å². The van der Waals surface area contributed by atoms with Gasteiger partial charge in [-0.15, -0.1) is 11.3 Å². The zero-order chi connectivity index (χ0) is 22.9. The Kier molecular flexibility index (Phi) is 5.60. The van der Waals surface area contributed by atoms with Crippen molar-refractivity contribution in [3.63, 3.8) is 0 Å². The number of rotatable bonds is 4. The molecular formula is C25H23N3O4S. The van der Waals surface area contributed by atoms with E-state index in [1.165, 1.54) is 11.3 Å². The Morgan fingerprint density at radius 3 is 2.64 bits per heavy atom. The molecule has 8 heteroatoms. The largest absolute Gasteiger partial charge is 0.497 e. The second-order valence-corrected chi connectivity index (χ2v) is 9.11. The number of piperidine rings is 1. The molecule has 1 aromatic heterocycles. The van der Waals surface area contributed by atoms with Gasteiger partial charge in [0.2, 0.25) is 5.91 Å². The topological polar surface area (TPSA) is 87.7 Å². The number of hydrogen-bond acceptors (Lipinski definition) is 5. The average molecular weight is 462 g/mol. The van der Waals surface area contributed by atoms with E-state index >= 15 is 0 Å². The number of ether oxygens (including phenoxy) is 1. The smallest absolute Gasteiger partial charge is 0.261 e. The molecule has 3 amide bonds. The molecule has 1 fully saturated rings. The molecule has 0 spiro atoms. The molecule has 3 heterocycles. The zero-order valence-corrected chi connectivity index (χ0v) is 18.9. The maximum Gasteiger partial charge on any atom is 0.261 e. The summed E-state index contributed by atoms with van der Waals surface area (Å²) >= 11 is 1.38. The SMILES string of the molecule is COc1ccc(-c2ccc3c(c2)C(=O)N2CCC(NC(=O)c4cccs4)CC2C(=O)N3)cc1. The second kappa shape index (κ2) is 8.71. The van der Waals surface area contributed by atoms with E-state index in [1.807, 2.05) is 47.8 Å². The van der Waals surface area contributed by atoms with Crippen LogP contribution in [0.15, 0.2) is 60.0 Å². The highest BCUT2D eigenvalue weighted by Gasteiger charge is 2.40. The van der Waals surface area contributed by atoms with Crippen molar-refractivity contribution < 1.29 is 19.1 Å². The van der Waals surface area contributed by atoms with Gasteiger partial charge in [0.05, 0.1) is 23.2 Å². The predicted octanol–water partition coefficient (Wildman–Crippen LogP) is 3.78. The lowest BCUT2D eigenvalue weighted by Crippen LogP contribution is -2.54. The highest BCUT2D eigenvalue weighted by Crippen LogP contribution is 2.32. The molecule has 0 bridgehead atoms. The number of carbonyl (C=O) groups excluding carboxylic acids is 3. The maximum absolute atomic E-state index is 13.4. The van der Waals surface area contributed by atoms with Crippen LogP contribution in [0.25, 0.3) is 11.1 Å². The molecule has 2 aromatic carbocycles. The maximum atomic E-state index is 13.4. The van der Waals surface area contributed by atoms with Crippen LogP contribution in [-0.2, 0) is 4.79 Å². The number of amides is 3. The lowest BCUT2D eigenvalue weighted by Gasteiger charge is -2.37. The Balaban J connectivity index is 1.37. The van der Waals surface area contributed by atoms with Gasteiger partial charge in [0, 0.05) is 12.6 Å². The van der Waals surface area contributed by atoms with Crippen LogP contribution in [0.4, 0.5) is 5.69 Å². The van der Waals surface area contributed by atoms with Crippen LogP contribution in [-0.4, -0.2) is 48.4 Å². The molecule has 0 aliphatic carbocycles. The first kappa shape index (κ1) is 21.2. The van der Waals surface area contributed by atoms with Crippen LogP contribution in [0.3, 0.4) is 0 Å². The van der Waals surface area contributed by atoms with Crippen molar-refractivity contribution in [2.75, 3.05) is 19.0 Å². The Bertz CT molecular complexity index is 1210. The van der Waals surface area contributed by atoms with E-state index in [0.717, 1.165) is 16.9 Å². The van der Waals surface area contributed by atoms with Crippen molar-refractivity contribution in [1.82, 2.24) is 10.2 Å². The minimum atomic E-state index is -0.628. The summed E-state index contributed by atoms with van der Waals surface area (Å²) in [4.78, 5) is 41.2. The van der Waals surface area contributed by atoms with Crippen molar-refractivity contribution >= 4 is 34.7 Å². The summed E-state index contributed by atoms with van der Waals surface area (Å²) in [5, 5.41) is 7.79. The quantitative estimate of drug-likeness (QED) is 0.619. The van der Waals surface area contributed by atoms with Gasteiger partial charge >= 0.3 is 0 Å². The highest BCUT2D eigenvalue weighted by molar-refractivity contribution is 7.12. The number of hydrogen-bond donors (Lipinski definition) is 2. The molecule has 7 nitrogen and oxygen atoms in total. The Morgan fingerprint density at radius 2 is 1.91 bits per heavy atom. The molecule has 2 N–H and O–H groups in total. The fraction of sp³-hybridized carbons (Fsp3) is 0.240. The summed E-state index contributed by atoms with van der Waals surface area (Å²) in [6.07, 6.45) is 0.980. The lowest BCUT2D eigenvalue weighted by molar-refractivity contribution is -0.121. The molecule has 3 aromatic rings. The van der Waals surface area contributed by atoms with Crippen molar-refractivity contribution in [1.29, 1.82) is 0 Å². The normalized spacial score (nSPS) is 19.7. The van der Waals surface area contributed by atoms with Gasteiger partial charge < -0.3 is 20.3 Å². The second-order valence-electron chi connectivity index (χ2n) is 8.16. The Morgan fingerprint density at radius 1 is 1.12 bits per heavy atom. The van der Waals surface area contributed by atoms with E-state index in [4.69, 9.17) is 4.74 Å². The van der Waals surface area contributed by atoms with Gasteiger partial charge in [-0.3, -0.25) is 14.4 Å². The molecule has 0 radical (unpaired) electrons. The Hall–Kier alpha value is -3.65. The van der Waals surface area contributed by atoms with Crippen molar-refractivity contribution in [2.45, 2.75) is 24.9 Å². The molecule has 168 valence electrons. The third-order valence-corrected chi connectivity index (χ3v) is 7.05. The van der Waals surface area contributed by atoms with E-state index in [1.54, 1.807) is 24.1 Å². The van der Waals surface area contributed by atoms with E-state index < -0.39 is 6.04 Å². The number of benzene rings is 2. The van der Waals surface area contributed by atoms with Gasteiger partial charge in [-0.2, -0.15) is 0 Å². The van der Waals surface area contributed by atoms with Crippen LogP contribution in [0.2, 0.25) is 0 Å². The summed E-state index contributed by atoms with van der Waals surface area (Å²) in [6.45, 7) is 0.401. The third-order valence-electron chi connectivity index (χ3n) is 6.18. The fourth-order valence-corrected chi connectivity index (χ4v) is 5.04. The average Bonchev–Trinajstić information content (AvgIpc) is 3.36. The molecule has 1 saturated heterocycles. The molecule has 2 aliphatic rings. The van der Waals surface area contributed by atoms with E-state index in [9.17, 15) is 14.4 Å². The standard InChI is InChI=1S/C25H23N3O4S/c1-32-18-7-4-15(5-8-18)16-6-9-20-19(13-16)25(31)28-11-10-17(14-21(28)23(29)27-20)26-24(30)22-3-2-12-33-22/h2-9,12-13,17,21H,10-11,14H2,1H3,(H,26,30)(H,27,29). The summed E-state index contributed by atoms with van der Waals surface area (Å²) in [5.41, 5.74) is 2.82. The lowest BCUT2D eigenvalue weighted by atomic mass is 9.95. The minimum Gasteiger partial charge on any atom is -0.497 e. The first-order valence-electron chi connectivity index (χ1n) is 10.8. The molecule has 33 heavy (non-hydrogen) atoms. The van der Waals surface area contributed by atoms with E-state index in [-0.39, 0.29) is 23.8 Å². The first-order chi connectivity index (χ1) is 16.0. The molecule has 2 atom stereocenters. The van der Waals surface area contributed by atoms with Crippen LogP contribution in [0, 0.1) is 0 Å². The van der Waals surface area contributed by atoms with Gasteiger partial charge in [-0.05, 0) is 59.7 Å². The van der Waals surface area contributed by atoms with Crippen molar-refractivity contribution in [2.24, 2.45) is 0 Å². The van der Waals surface area contributed by atoms with Crippen LogP contribution >= 0.6 is 11.3 Å². The number of nitrogens with zero attached hydrogens (tertiary/aromatic N) is 1. The molecule has 2 aliphatic heterocycles. The molecule has 0 saturated carbocycles. The highest BCUT2D eigenvalue weighted by atomic mass is 32.1. The summed E-state index contributed by atoms with van der Waals surface area (Å²) in [5.74, 6) is 0.214. The number of nitrogens with one attached hydrogen (secondary N) is 2. The summed E-state index contributed by atoms with van der Waals surface area (Å²) in [7, 11) is 1.62. The van der Waals surface area contributed by atoms with Gasteiger partial charge in [0.25, 0.3) is 11.8 Å². The fourth-order valence-electron chi connectivity index (χ4n) is 4.42. The van der Waals surface area contributed by atoms with Crippen LogP contribution in [0.5, 0.6) is 5.75 Å². The zero-order valence-electron chi connectivity index (χ0n) is 18.0. The van der Waals surface area contributed by atoms with Gasteiger partial charge in [-0.1, -0.05) is 24.3 Å². The van der Waals surface area contributed by atoms with Crippen molar-refractivity contribution in [3.8, 4) is 16.9 Å². The number of anilines is 1. The number of carbonyl (C=O) groups is 3. The number of fused-ring (bicyclic) bond motifs is 2. The van der Waals surface area contributed by atoms with Crippen molar-refractivity contribution in [3.05, 3.63) is 70.4 Å². The molecule has 5 rings (SSSR count). The number of thiophene rings is 1. The first-order valence-corrected chi connectivity index (χ1v) is 11.7. The minimum absolute atomic E-state index is 0.142. The monoisotopic (exact) mass is 461 g/mol. The summed E-state index contributed by atoms with van der Waals surface area (Å²) < 4.78 is 5.22. The van der Waals surface area contributed by atoms with E-state index in [0.29, 0.717) is 35.5 Å². The predicted molar refractivity (Wildman–Crippen MR) is 127 cm³/mol. The molecular weight excluding hydrogens is 438 g/mol. The van der Waals surface area contributed by atoms with Gasteiger partial charge in [0.15, 0.2) is 0 Å². The summed E-state index contributed by atoms with van der Waals surface area (Å²) in [6, 6.07) is 15.9.